The molecule has 1 aliphatic heterocycles. The maximum absolute atomic E-state index is 12.6. The normalized spacial score (nSPS) is 21.2. The number of nitrogens with zero attached hydrogens (tertiary/aromatic N) is 2. The highest BCUT2D eigenvalue weighted by molar-refractivity contribution is 5.84. The SMILES string of the molecule is CC(C)c1cc(C2CCCN2C(=O)CCC(=O)NC2CCCC2)no1. The molecule has 2 aliphatic rings. The van der Waals surface area contributed by atoms with Crippen LogP contribution in [0.2, 0.25) is 0 Å². The fraction of sp³-hybridized carbons (Fsp3) is 0.737. The first kappa shape index (κ1) is 18.0. The number of carbonyl (C=O) groups is 2. The minimum Gasteiger partial charge on any atom is -0.361 e. The van der Waals surface area contributed by atoms with E-state index in [-0.39, 0.29) is 36.6 Å². The highest BCUT2D eigenvalue weighted by Gasteiger charge is 2.32. The van der Waals surface area contributed by atoms with Crippen LogP contribution in [0.1, 0.15) is 88.6 Å². The highest BCUT2D eigenvalue weighted by atomic mass is 16.5. The molecule has 1 unspecified atom stereocenters. The van der Waals surface area contributed by atoms with E-state index in [9.17, 15) is 9.59 Å². The van der Waals surface area contributed by atoms with Crippen molar-refractivity contribution in [3.63, 3.8) is 0 Å². The number of amides is 2. The lowest BCUT2D eigenvalue weighted by Gasteiger charge is -2.23. The lowest BCUT2D eigenvalue weighted by molar-refractivity contribution is -0.134. The first-order valence-electron chi connectivity index (χ1n) is 9.60. The maximum Gasteiger partial charge on any atom is 0.223 e. The Morgan fingerprint density at radius 2 is 2.00 bits per heavy atom. The molecule has 0 radical (unpaired) electrons. The van der Waals surface area contributed by atoms with Gasteiger partial charge in [0.25, 0.3) is 0 Å². The lowest BCUT2D eigenvalue weighted by Crippen LogP contribution is -2.35. The third-order valence-corrected chi connectivity index (χ3v) is 5.32. The van der Waals surface area contributed by atoms with Crippen molar-refractivity contribution in [1.29, 1.82) is 0 Å². The first-order chi connectivity index (χ1) is 12.0. The number of likely N-dealkylation sites (tertiary alicyclic amines) is 1. The van der Waals surface area contributed by atoms with Crippen LogP contribution in [0, 0.1) is 0 Å². The van der Waals surface area contributed by atoms with Crippen molar-refractivity contribution >= 4 is 11.8 Å². The molecule has 0 bridgehead atoms. The predicted molar refractivity (Wildman–Crippen MR) is 93.9 cm³/mol. The molecule has 6 heteroatoms. The summed E-state index contributed by atoms with van der Waals surface area (Å²) in [6.07, 6.45) is 6.93. The zero-order valence-electron chi connectivity index (χ0n) is 15.3. The number of hydrogen-bond donors (Lipinski definition) is 1. The third-order valence-electron chi connectivity index (χ3n) is 5.32. The average Bonchev–Trinajstić information content (AvgIpc) is 3.31. The molecule has 2 heterocycles. The molecule has 1 N–H and O–H groups in total. The summed E-state index contributed by atoms with van der Waals surface area (Å²) < 4.78 is 5.39. The van der Waals surface area contributed by atoms with Crippen LogP contribution in [-0.4, -0.2) is 34.5 Å². The van der Waals surface area contributed by atoms with Gasteiger partial charge < -0.3 is 14.7 Å². The quantitative estimate of drug-likeness (QED) is 0.857. The van der Waals surface area contributed by atoms with Gasteiger partial charge in [-0.3, -0.25) is 9.59 Å². The van der Waals surface area contributed by atoms with Crippen LogP contribution in [0.25, 0.3) is 0 Å². The fourth-order valence-corrected chi connectivity index (χ4v) is 3.84. The highest BCUT2D eigenvalue weighted by Crippen LogP contribution is 2.33. The monoisotopic (exact) mass is 347 g/mol. The molecular weight excluding hydrogens is 318 g/mol. The molecule has 1 aromatic rings. The Balaban J connectivity index is 1.52. The maximum atomic E-state index is 12.6. The van der Waals surface area contributed by atoms with Gasteiger partial charge in [0.1, 0.15) is 11.5 Å². The third kappa shape index (κ3) is 4.41. The second kappa shape index (κ2) is 8.02. The summed E-state index contributed by atoms with van der Waals surface area (Å²) in [4.78, 5) is 26.5. The van der Waals surface area contributed by atoms with Gasteiger partial charge in [-0.15, -0.1) is 0 Å². The Bertz CT molecular complexity index is 605. The molecule has 6 nitrogen and oxygen atoms in total. The Labute approximate surface area is 149 Å². The molecule has 1 aliphatic carbocycles. The minimum atomic E-state index is -0.0124. The van der Waals surface area contributed by atoms with Crippen molar-refractivity contribution < 1.29 is 14.1 Å². The molecule has 25 heavy (non-hydrogen) atoms. The first-order valence-corrected chi connectivity index (χ1v) is 9.60. The van der Waals surface area contributed by atoms with E-state index in [1.54, 1.807) is 0 Å². The van der Waals surface area contributed by atoms with Gasteiger partial charge in [-0.05, 0) is 25.7 Å². The van der Waals surface area contributed by atoms with Crippen molar-refractivity contribution in [3.05, 3.63) is 17.5 Å². The van der Waals surface area contributed by atoms with Gasteiger partial charge in [0, 0.05) is 37.4 Å². The number of nitrogens with one attached hydrogen (secondary N) is 1. The Hall–Kier alpha value is -1.85. The molecule has 1 saturated carbocycles. The molecule has 1 atom stereocenters. The minimum absolute atomic E-state index is 0.000438. The van der Waals surface area contributed by atoms with Gasteiger partial charge in [0.15, 0.2) is 0 Å². The van der Waals surface area contributed by atoms with Crippen LogP contribution >= 0.6 is 0 Å². The van der Waals surface area contributed by atoms with E-state index in [0.29, 0.717) is 6.04 Å². The summed E-state index contributed by atoms with van der Waals surface area (Å²) in [6, 6.07) is 2.27. The van der Waals surface area contributed by atoms with Gasteiger partial charge in [0.2, 0.25) is 11.8 Å². The van der Waals surface area contributed by atoms with Crippen LogP contribution in [0.4, 0.5) is 0 Å². The molecule has 1 saturated heterocycles. The molecule has 0 aromatic carbocycles. The second-order valence-electron chi connectivity index (χ2n) is 7.60. The Kier molecular flexibility index (Phi) is 5.76. The van der Waals surface area contributed by atoms with E-state index in [0.717, 1.165) is 43.7 Å². The standard InChI is InChI=1S/C19H29N3O3/c1-13(2)17-12-15(21-25-17)16-8-5-11-22(16)19(24)10-9-18(23)20-14-6-3-4-7-14/h12-14,16H,3-11H2,1-2H3,(H,20,23). The second-order valence-corrected chi connectivity index (χ2v) is 7.60. The summed E-state index contributed by atoms with van der Waals surface area (Å²) in [7, 11) is 0. The summed E-state index contributed by atoms with van der Waals surface area (Å²) in [5.74, 6) is 1.18. The molecule has 1 aromatic heterocycles. The van der Waals surface area contributed by atoms with E-state index in [1.807, 2.05) is 11.0 Å². The smallest absolute Gasteiger partial charge is 0.223 e. The molecule has 0 spiro atoms. The Morgan fingerprint density at radius 1 is 1.24 bits per heavy atom. The van der Waals surface area contributed by atoms with Crippen LogP contribution in [-0.2, 0) is 9.59 Å². The molecule has 3 rings (SSSR count). The van der Waals surface area contributed by atoms with Gasteiger partial charge in [0.05, 0.1) is 6.04 Å². The summed E-state index contributed by atoms with van der Waals surface area (Å²) in [6.45, 7) is 4.85. The summed E-state index contributed by atoms with van der Waals surface area (Å²) in [5, 5.41) is 7.21. The molecule has 2 amide bonds. The molecule has 138 valence electrons. The van der Waals surface area contributed by atoms with Crippen LogP contribution < -0.4 is 5.32 Å². The van der Waals surface area contributed by atoms with E-state index in [2.05, 4.69) is 24.3 Å². The van der Waals surface area contributed by atoms with Gasteiger partial charge >= 0.3 is 0 Å². The van der Waals surface area contributed by atoms with E-state index in [1.165, 1.54) is 12.8 Å². The van der Waals surface area contributed by atoms with E-state index in [4.69, 9.17) is 4.52 Å². The summed E-state index contributed by atoms with van der Waals surface area (Å²) in [5.41, 5.74) is 0.838. The number of rotatable bonds is 6. The molecule has 2 fully saturated rings. The van der Waals surface area contributed by atoms with Crippen LogP contribution in [0.3, 0.4) is 0 Å². The summed E-state index contributed by atoms with van der Waals surface area (Å²) >= 11 is 0. The number of aromatic nitrogens is 1. The Morgan fingerprint density at radius 3 is 2.68 bits per heavy atom. The zero-order chi connectivity index (χ0) is 17.8. The fourth-order valence-electron chi connectivity index (χ4n) is 3.84. The van der Waals surface area contributed by atoms with E-state index >= 15 is 0 Å². The van der Waals surface area contributed by atoms with Gasteiger partial charge in [-0.25, -0.2) is 0 Å². The van der Waals surface area contributed by atoms with Crippen LogP contribution in [0.15, 0.2) is 10.6 Å². The number of carbonyl (C=O) groups excluding carboxylic acids is 2. The van der Waals surface area contributed by atoms with E-state index < -0.39 is 0 Å². The van der Waals surface area contributed by atoms with Crippen molar-refractivity contribution in [1.82, 2.24) is 15.4 Å². The lowest BCUT2D eigenvalue weighted by atomic mass is 10.1. The zero-order valence-corrected chi connectivity index (χ0v) is 15.3. The van der Waals surface area contributed by atoms with Crippen molar-refractivity contribution in [2.75, 3.05) is 6.54 Å². The van der Waals surface area contributed by atoms with Crippen molar-refractivity contribution in [2.45, 2.75) is 83.2 Å². The van der Waals surface area contributed by atoms with Gasteiger partial charge in [-0.2, -0.15) is 0 Å². The molecular formula is C19H29N3O3. The van der Waals surface area contributed by atoms with Crippen molar-refractivity contribution in [3.8, 4) is 0 Å². The van der Waals surface area contributed by atoms with Crippen LogP contribution in [0.5, 0.6) is 0 Å². The average molecular weight is 347 g/mol. The number of hydrogen-bond acceptors (Lipinski definition) is 4. The van der Waals surface area contributed by atoms with Gasteiger partial charge in [-0.1, -0.05) is 31.8 Å². The van der Waals surface area contributed by atoms with Crippen molar-refractivity contribution in [2.24, 2.45) is 0 Å². The predicted octanol–water partition coefficient (Wildman–Crippen LogP) is 3.30. The largest absolute Gasteiger partial charge is 0.361 e. The topological polar surface area (TPSA) is 75.4 Å².